The van der Waals surface area contributed by atoms with Crippen LogP contribution in [0.4, 0.5) is 9.93 Å². The van der Waals surface area contributed by atoms with Crippen LogP contribution in [0.5, 0.6) is 0 Å². The van der Waals surface area contributed by atoms with Gasteiger partial charge in [0.2, 0.25) is 0 Å². The minimum atomic E-state index is -2.70. The van der Waals surface area contributed by atoms with Gasteiger partial charge in [0.25, 0.3) is 8.32 Å². The topological polar surface area (TPSA) is 78.0 Å². The van der Waals surface area contributed by atoms with Crippen molar-refractivity contribution in [2.75, 3.05) is 25.2 Å². The number of hydrogen-bond acceptors (Lipinski definition) is 7. The molecule has 0 aliphatic heterocycles. The maximum atomic E-state index is 12.9. The van der Waals surface area contributed by atoms with Crippen molar-refractivity contribution < 1.29 is 23.5 Å². The van der Waals surface area contributed by atoms with Gasteiger partial charge in [-0.2, -0.15) is 0 Å². The summed E-state index contributed by atoms with van der Waals surface area (Å²) in [4.78, 5) is 32.2. The molecule has 0 saturated heterocycles. The molecule has 9 heteroatoms. The summed E-state index contributed by atoms with van der Waals surface area (Å²) < 4.78 is 17.9. The number of aromatic nitrogens is 1. The number of thiazole rings is 1. The summed E-state index contributed by atoms with van der Waals surface area (Å²) in [6.45, 7) is 16.8. The largest absolute Gasteiger partial charge is 0.461 e. The number of anilines is 1. The highest BCUT2D eigenvalue weighted by atomic mass is 32.1. The molecule has 1 heterocycles. The Kier molecular flexibility index (Phi) is 10.6. The van der Waals surface area contributed by atoms with Gasteiger partial charge >= 0.3 is 12.1 Å². The third-order valence-corrected chi connectivity index (χ3v) is 12.8. The summed E-state index contributed by atoms with van der Waals surface area (Å²) in [7, 11) is -1.10. The SMILES string of the molecule is CCOC(=O)c1nc(N(C)C(=O)OC(C)(C)C)sc1CC(C)CO[Si](c1ccccc1)(c1ccccc1)C(C)(C)C. The number of carbonyl (C=O) groups excluding carboxylic acids is 2. The Balaban J connectivity index is 1.92. The summed E-state index contributed by atoms with van der Waals surface area (Å²) in [6, 6.07) is 21.1. The number of esters is 1. The Labute approximate surface area is 250 Å². The van der Waals surface area contributed by atoms with Gasteiger partial charge in [-0.25, -0.2) is 14.6 Å². The van der Waals surface area contributed by atoms with Crippen molar-refractivity contribution >= 4 is 47.2 Å². The zero-order valence-electron chi connectivity index (χ0n) is 25.8. The second-order valence-electron chi connectivity index (χ2n) is 12.3. The highest BCUT2D eigenvalue weighted by Crippen LogP contribution is 2.37. The molecule has 0 saturated carbocycles. The number of rotatable bonds is 10. The second kappa shape index (κ2) is 13.3. The molecule has 1 aromatic heterocycles. The summed E-state index contributed by atoms with van der Waals surface area (Å²) in [5, 5.41) is 2.69. The highest BCUT2D eigenvalue weighted by Gasteiger charge is 2.50. The number of hydrogen-bond donors (Lipinski definition) is 0. The van der Waals surface area contributed by atoms with E-state index in [1.165, 1.54) is 26.6 Å². The first kappa shape index (κ1) is 32.5. The van der Waals surface area contributed by atoms with Gasteiger partial charge in [0, 0.05) is 18.5 Å². The Morgan fingerprint density at radius 3 is 1.95 bits per heavy atom. The fraction of sp³-hybridized carbons (Fsp3) is 0.469. The van der Waals surface area contributed by atoms with Crippen molar-refractivity contribution in [2.45, 2.75) is 72.5 Å². The van der Waals surface area contributed by atoms with Crippen LogP contribution in [0.2, 0.25) is 5.04 Å². The predicted molar refractivity (Wildman–Crippen MR) is 169 cm³/mol. The maximum absolute atomic E-state index is 12.9. The van der Waals surface area contributed by atoms with Gasteiger partial charge in [-0.15, -0.1) is 11.3 Å². The van der Waals surface area contributed by atoms with E-state index in [1.807, 2.05) is 32.9 Å². The van der Waals surface area contributed by atoms with E-state index in [4.69, 9.17) is 13.9 Å². The number of ether oxygens (including phenoxy) is 2. The van der Waals surface area contributed by atoms with Gasteiger partial charge in [-0.05, 0) is 55.4 Å². The maximum Gasteiger partial charge on any atom is 0.416 e. The Bertz CT molecular complexity index is 1260. The molecule has 0 aliphatic carbocycles. The molecular formula is C32H44N2O5SSi. The van der Waals surface area contributed by atoms with Crippen molar-refractivity contribution in [2.24, 2.45) is 5.92 Å². The molecule has 0 spiro atoms. The van der Waals surface area contributed by atoms with E-state index in [-0.39, 0.29) is 23.3 Å². The zero-order chi connectivity index (χ0) is 30.4. The van der Waals surface area contributed by atoms with E-state index in [0.717, 1.165) is 4.88 Å². The standard InChI is InChI=1S/C32H44N2O5SSi/c1-10-37-28(35)27-26(40-29(33-27)34(9)30(36)39-31(3,4)5)21-23(2)22-38-41(32(6,7)8,24-17-13-11-14-18-24)25-19-15-12-16-20-25/h11-20,23H,10,21-22H2,1-9H3. The molecule has 7 nitrogen and oxygen atoms in total. The summed E-state index contributed by atoms with van der Waals surface area (Å²) >= 11 is 1.31. The van der Waals surface area contributed by atoms with E-state index >= 15 is 0 Å². The lowest BCUT2D eigenvalue weighted by Crippen LogP contribution is -2.66. The van der Waals surface area contributed by atoms with Crippen LogP contribution < -0.4 is 15.3 Å². The molecule has 1 unspecified atom stereocenters. The van der Waals surface area contributed by atoms with Gasteiger partial charge in [-0.1, -0.05) is 88.4 Å². The zero-order valence-corrected chi connectivity index (χ0v) is 27.6. The quantitative estimate of drug-likeness (QED) is 0.198. The average Bonchev–Trinajstić information content (AvgIpc) is 3.32. The van der Waals surface area contributed by atoms with Crippen LogP contribution in [0.25, 0.3) is 0 Å². The summed E-state index contributed by atoms with van der Waals surface area (Å²) in [5.41, 5.74) is -0.415. The van der Waals surface area contributed by atoms with Crippen molar-refractivity contribution in [1.82, 2.24) is 4.98 Å². The molecular weight excluding hydrogens is 553 g/mol. The number of carbonyl (C=O) groups is 2. The molecule has 1 amide bonds. The fourth-order valence-corrected chi connectivity index (χ4v) is 10.6. The van der Waals surface area contributed by atoms with E-state index in [1.54, 1.807) is 14.0 Å². The van der Waals surface area contributed by atoms with Gasteiger partial charge in [0.1, 0.15) is 5.60 Å². The molecule has 0 fully saturated rings. The molecule has 0 N–H and O–H groups in total. The first-order valence-electron chi connectivity index (χ1n) is 14.1. The molecule has 41 heavy (non-hydrogen) atoms. The van der Waals surface area contributed by atoms with Crippen molar-refractivity contribution in [3.63, 3.8) is 0 Å². The second-order valence-corrected chi connectivity index (χ2v) is 17.7. The molecule has 3 aromatic rings. The Morgan fingerprint density at radius 2 is 1.49 bits per heavy atom. The Hall–Kier alpha value is -3.01. The smallest absolute Gasteiger partial charge is 0.416 e. The van der Waals surface area contributed by atoms with E-state index < -0.39 is 26.0 Å². The minimum absolute atomic E-state index is 0.0601. The van der Waals surface area contributed by atoms with Crippen LogP contribution in [0.3, 0.4) is 0 Å². The van der Waals surface area contributed by atoms with Crippen LogP contribution in [0, 0.1) is 5.92 Å². The normalized spacial score (nSPS) is 13.0. The van der Waals surface area contributed by atoms with Crippen molar-refractivity contribution in [3.05, 3.63) is 71.2 Å². The summed E-state index contributed by atoms with van der Waals surface area (Å²) in [6.07, 6.45) is 0.0166. The number of nitrogens with zero attached hydrogens (tertiary/aromatic N) is 2. The average molecular weight is 597 g/mol. The van der Waals surface area contributed by atoms with Crippen molar-refractivity contribution in [1.29, 1.82) is 0 Å². The first-order chi connectivity index (χ1) is 19.2. The van der Waals surface area contributed by atoms with Crippen LogP contribution in [-0.2, 0) is 20.3 Å². The van der Waals surface area contributed by atoms with Gasteiger partial charge in [0.15, 0.2) is 10.8 Å². The molecule has 0 radical (unpaired) electrons. The molecule has 1 atom stereocenters. The summed E-state index contributed by atoms with van der Waals surface area (Å²) in [5.74, 6) is -0.437. The molecule has 0 bridgehead atoms. The first-order valence-corrected chi connectivity index (χ1v) is 16.8. The van der Waals surface area contributed by atoms with Gasteiger partial charge in [0.05, 0.1) is 6.61 Å². The monoisotopic (exact) mass is 596 g/mol. The minimum Gasteiger partial charge on any atom is -0.461 e. The lowest BCUT2D eigenvalue weighted by Gasteiger charge is -2.43. The fourth-order valence-electron chi connectivity index (χ4n) is 4.79. The van der Waals surface area contributed by atoms with Crippen LogP contribution >= 0.6 is 11.3 Å². The van der Waals surface area contributed by atoms with Crippen LogP contribution in [0.1, 0.15) is 70.8 Å². The van der Waals surface area contributed by atoms with Crippen LogP contribution in [-0.4, -0.2) is 51.2 Å². The number of benzene rings is 2. The van der Waals surface area contributed by atoms with Gasteiger partial charge < -0.3 is 13.9 Å². The van der Waals surface area contributed by atoms with E-state index in [0.29, 0.717) is 18.2 Å². The predicted octanol–water partition coefficient (Wildman–Crippen LogP) is 6.45. The van der Waals surface area contributed by atoms with E-state index in [2.05, 4.69) is 81.2 Å². The van der Waals surface area contributed by atoms with Crippen molar-refractivity contribution in [3.8, 4) is 0 Å². The number of amides is 1. The highest BCUT2D eigenvalue weighted by molar-refractivity contribution is 7.16. The molecule has 2 aromatic carbocycles. The van der Waals surface area contributed by atoms with Gasteiger partial charge in [-0.3, -0.25) is 4.90 Å². The van der Waals surface area contributed by atoms with Crippen LogP contribution in [0.15, 0.2) is 60.7 Å². The molecule has 222 valence electrons. The lowest BCUT2D eigenvalue weighted by atomic mass is 10.1. The third-order valence-electron chi connectivity index (χ3n) is 6.64. The molecule has 0 aliphatic rings. The third kappa shape index (κ3) is 7.84. The Morgan fingerprint density at radius 1 is 0.951 bits per heavy atom. The lowest BCUT2D eigenvalue weighted by molar-refractivity contribution is 0.0515. The molecule has 3 rings (SSSR count). The van der Waals surface area contributed by atoms with E-state index in [9.17, 15) is 9.59 Å².